The van der Waals surface area contributed by atoms with Gasteiger partial charge in [-0.25, -0.2) is 4.98 Å². The zero-order valence-electron chi connectivity index (χ0n) is 14.1. The van der Waals surface area contributed by atoms with E-state index in [4.69, 9.17) is 16.3 Å². The normalized spacial score (nSPS) is 10.4. The SMILES string of the molecule is CCc1ccccc1Nc1nccc(Nc2ccc(OC)c(Cl)c2)n1. The van der Waals surface area contributed by atoms with E-state index < -0.39 is 0 Å². The van der Waals surface area contributed by atoms with E-state index in [1.54, 1.807) is 25.4 Å². The molecule has 0 aliphatic rings. The Labute approximate surface area is 152 Å². The molecule has 1 heterocycles. The molecule has 0 bridgehead atoms. The van der Waals surface area contributed by atoms with Crippen molar-refractivity contribution in [3.05, 3.63) is 65.3 Å². The number of methoxy groups -OCH3 is 1. The van der Waals surface area contributed by atoms with Gasteiger partial charge >= 0.3 is 0 Å². The average Bonchev–Trinajstić information content (AvgIpc) is 2.63. The summed E-state index contributed by atoms with van der Waals surface area (Å²) in [7, 11) is 1.59. The third-order valence-corrected chi connectivity index (χ3v) is 4.02. The second-order valence-electron chi connectivity index (χ2n) is 5.38. The molecule has 0 saturated carbocycles. The fourth-order valence-electron chi connectivity index (χ4n) is 2.45. The highest BCUT2D eigenvalue weighted by Crippen LogP contribution is 2.28. The minimum Gasteiger partial charge on any atom is -0.495 e. The van der Waals surface area contributed by atoms with Crippen molar-refractivity contribution in [1.29, 1.82) is 0 Å². The summed E-state index contributed by atoms with van der Waals surface area (Å²) in [6.07, 6.45) is 2.64. The van der Waals surface area contributed by atoms with E-state index in [9.17, 15) is 0 Å². The third-order valence-electron chi connectivity index (χ3n) is 3.72. The van der Waals surface area contributed by atoms with Gasteiger partial charge in [0.1, 0.15) is 11.6 Å². The maximum absolute atomic E-state index is 6.16. The molecule has 6 heteroatoms. The van der Waals surface area contributed by atoms with Crippen LogP contribution in [0.1, 0.15) is 12.5 Å². The monoisotopic (exact) mass is 354 g/mol. The van der Waals surface area contributed by atoms with Gasteiger partial charge in [0.25, 0.3) is 0 Å². The molecular formula is C19H19ClN4O. The van der Waals surface area contributed by atoms with Gasteiger partial charge in [0.2, 0.25) is 5.95 Å². The predicted octanol–water partition coefficient (Wildman–Crippen LogP) is 5.19. The zero-order valence-corrected chi connectivity index (χ0v) is 14.8. The molecule has 0 aliphatic carbocycles. The number of para-hydroxylation sites is 1. The summed E-state index contributed by atoms with van der Waals surface area (Å²) in [6, 6.07) is 15.4. The van der Waals surface area contributed by atoms with Crippen molar-refractivity contribution in [3.63, 3.8) is 0 Å². The smallest absolute Gasteiger partial charge is 0.229 e. The first kappa shape index (κ1) is 17.0. The van der Waals surface area contributed by atoms with Crippen LogP contribution in [0.2, 0.25) is 5.02 Å². The lowest BCUT2D eigenvalue weighted by Gasteiger charge is -2.11. The van der Waals surface area contributed by atoms with Gasteiger partial charge in [-0.15, -0.1) is 0 Å². The molecule has 2 aromatic carbocycles. The summed E-state index contributed by atoms with van der Waals surface area (Å²) >= 11 is 6.16. The van der Waals surface area contributed by atoms with Gasteiger partial charge in [-0.1, -0.05) is 36.7 Å². The van der Waals surface area contributed by atoms with E-state index in [1.807, 2.05) is 30.3 Å². The van der Waals surface area contributed by atoms with Crippen LogP contribution in [0.25, 0.3) is 0 Å². The van der Waals surface area contributed by atoms with Crippen molar-refractivity contribution in [2.24, 2.45) is 0 Å². The van der Waals surface area contributed by atoms with Crippen LogP contribution in [0.4, 0.5) is 23.1 Å². The Balaban J connectivity index is 1.78. The molecule has 2 N–H and O–H groups in total. The van der Waals surface area contributed by atoms with Crippen molar-refractivity contribution in [2.45, 2.75) is 13.3 Å². The molecule has 0 saturated heterocycles. The molecule has 0 spiro atoms. The topological polar surface area (TPSA) is 59.1 Å². The molecule has 128 valence electrons. The number of anilines is 4. The first-order valence-electron chi connectivity index (χ1n) is 7.98. The second-order valence-corrected chi connectivity index (χ2v) is 5.78. The van der Waals surface area contributed by atoms with Crippen LogP contribution in [0.15, 0.2) is 54.7 Å². The molecule has 0 radical (unpaired) electrons. The molecule has 0 amide bonds. The fourth-order valence-corrected chi connectivity index (χ4v) is 2.71. The number of nitrogens with one attached hydrogen (secondary N) is 2. The van der Waals surface area contributed by atoms with Gasteiger partial charge in [-0.3, -0.25) is 0 Å². The summed E-state index contributed by atoms with van der Waals surface area (Å²) in [6.45, 7) is 2.12. The van der Waals surface area contributed by atoms with E-state index in [-0.39, 0.29) is 0 Å². The molecule has 1 aromatic heterocycles. The van der Waals surface area contributed by atoms with Gasteiger partial charge in [-0.2, -0.15) is 4.98 Å². The lowest BCUT2D eigenvalue weighted by molar-refractivity contribution is 0.415. The predicted molar refractivity (Wildman–Crippen MR) is 102 cm³/mol. The maximum Gasteiger partial charge on any atom is 0.229 e. The van der Waals surface area contributed by atoms with Crippen molar-refractivity contribution in [3.8, 4) is 5.75 Å². The van der Waals surface area contributed by atoms with E-state index in [2.05, 4.69) is 33.6 Å². The van der Waals surface area contributed by atoms with Crippen LogP contribution >= 0.6 is 11.6 Å². The van der Waals surface area contributed by atoms with Crippen molar-refractivity contribution >= 4 is 34.7 Å². The Morgan fingerprint density at radius 3 is 2.68 bits per heavy atom. The number of benzene rings is 2. The first-order chi connectivity index (χ1) is 12.2. The highest BCUT2D eigenvalue weighted by Gasteiger charge is 2.06. The van der Waals surface area contributed by atoms with Crippen LogP contribution in [0, 0.1) is 0 Å². The summed E-state index contributed by atoms with van der Waals surface area (Å²) in [4.78, 5) is 8.79. The van der Waals surface area contributed by atoms with Gasteiger partial charge in [0.15, 0.2) is 0 Å². The lowest BCUT2D eigenvalue weighted by atomic mass is 10.1. The number of nitrogens with zero attached hydrogens (tertiary/aromatic N) is 2. The average molecular weight is 355 g/mol. The highest BCUT2D eigenvalue weighted by molar-refractivity contribution is 6.32. The Morgan fingerprint density at radius 2 is 1.92 bits per heavy atom. The molecule has 3 rings (SSSR count). The summed E-state index contributed by atoms with van der Waals surface area (Å²) < 4.78 is 5.16. The Hall–Kier alpha value is -2.79. The number of aromatic nitrogens is 2. The van der Waals surface area contributed by atoms with E-state index in [0.717, 1.165) is 17.8 Å². The number of halogens is 1. The van der Waals surface area contributed by atoms with E-state index in [0.29, 0.717) is 22.5 Å². The highest BCUT2D eigenvalue weighted by atomic mass is 35.5. The number of aryl methyl sites for hydroxylation is 1. The Kier molecular flexibility index (Phi) is 5.36. The van der Waals surface area contributed by atoms with Gasteiger partial charge < -0.3 is 15.4 Å². The number of rotatable bonds is 6. The fraction of sp³-hybridized carbons (Fsp3) is 0.158. The number of hydrogen-bond acceptors (Lipinski definition) is 5. The van der Waals surface area contributed by atoms with Crippen LogP contribution in [-0.4, -0.2) is 17.1 Å². The van der Waals surface area contributed by atoms with Crippen molar-refractivity contribution in [2.75, 3.05) is 17.7 Å². The number of ether oxygens (including phenoxy) is 1. The largest absolute Gasteiger partial charge is 0.495 e. The molecular weight excluding hydrogens is 336 g/mol. The lowest BCUT2D eigenvalue weighted by Crippen LogP contribution is -2.02. The van der Waals surface area contributed by atoms with Gasteiger partial charge in [0.05, 0.1) is 12.1 Å². The molecule has 0 fully saturated rings. The van der Waals surface area contributed by atoms with Crippen LogP contribution in [0.3, 0.4) is 0 Å². The van der Waals surface area contributed by atoms with E-state index in [1.165, 1.54) is 5.56 Å². The van der Waals surface area contributed by atoms with Crippen LogP contribution < -0.4 is 15.4 Å². The molecule has 5 nitrogen and oxygen atoms in total. The molecule has 0 atom stereocenters. The minimum absolute atomic E-state index is 0.533. The first-order valence-corrected chi connectivity index (χ1v) is 8.36. The zero-order chi connectivity index (χ0) is 17.6. The standard InChI is InChI=1S/C19H19ClN4O/c1-3-13-6-4-5-7-16(13)23-19-21-11-10-18(24-19)22-14-8-9-17(25-2)15(20)12-14/h4-12H,3H2,1-2H3,(H2,21,22,23,24). The quantitative estimate of drug-likeness (QED) is 0.638. The summed E-state index contributed by atoms with van der Waals surface area (Å²) in [5.74, 6) is 1.84. The molecule has 25 heavy (non-hydrogen) atoms. The second kappa shape index (κ2) is 7.85. The van der Waals surface area contributed by atoms with Crippen molar-refractivity contribution in [1.82, 2.24) is 9.97 Å². The van der Waals surface area contributed by atoms with Gasteiger partial charge in [-0.05, 0) is 42.3 Å². The van der Waals surface area contributed by atoms with Crippen LogP contribution in [0.5, 0.6) is 5.75 Å². The molecule has 0 aliphatic heterocycles. The number of hydrogen-bond donors (Lipinski definition) is 2. The minimum atomic E-state index is 0.533. The molecule has 0 unspecified atom stereocenters. The Bertz CT molecular complexity index is 870. The third kappa shape index (κ3) is 4.19. The van der Waals surface area contributed by atoms with Crippen molar-refractivity contribution < 1.29 is 4.74 Å². The molecule has 3 aromatic rings. The van der Waals surface area contributed by atoms with E-state index >= 15 is 0 Å². The maximum atomic E-state index is 6.16. The van der Waals surface area contributed by atoms with Crippen LogP contribution in [-0.2, 0) is 6.42 Å². The summed E-state index contributed by atoms with van der Waals surface area (Å²) in [5, 5.41) is 7.03. The summed E-state index contributed by atoms with van der Waals surface area (Å²) in [5.41, 5.74) is 3.05. The van der Waals surface area contributed by atoms with Gasteiger partial charge in [0, 0.05) is 17.6 Å². The Morgan fingerprint density at radius 1 is 1.08 bits per heavy atom.